The number of carbonyl (C=O) groups is 1. The molecule has 2 N–H and O–H groups in total. The smallest absolute Gasteiger partial charge is 0.416 e. The molecule has 3 rings (SSSR count). The van der Waals surface area contributed by atoms with Crippen LogP contribution >= 0.6 is 0 Å². The summed E-state index contributed by atoms with van der Waals surface area (Å²) in [5.41, 5.74) is -0.496. The van der Waals surface area contributed by atoms with Gasteiger partial charge >= 0.3 is 6.18 Å². The molecule has 0 aliphatic carbocycles. The van der Waals surface area contributed by atoms with E-state index >= 15 is 0 Å². The molecule has 10 heteroatoms. The minimum atomic E-state index is -4.60. The summed E-state index contributed by atoms with van der Waals surface area (Å²) in [6.45, 7) is 3.73. The van der Waals surface area contributed by atoms with Gasteiger partial charge < -0.3 is 24.8 Å². The molecule has 0 atom stereocenters. The Morgan fingerprint density at radius 1 is 1.27 bits per heavy atom. The molecule has 2 aromatic rings. The van der Waals surface area contributed by atoms with Crippen molar-refractivity contribution in [3.05, 3.63) is 53.1 Å². The third-order valence-electron chi connectivity index (χ3n) is 4.88. The van der Waals surface area contributed by atoms with Crippen molar-refractivity contribution < 1.29 is 32.5 Å². The highest BCUT2D eigenvalue weighted by molar-refractivity contribution is 6.11. The Morgan fingerprint density at radius 2 is 2.00 bits per heavy atom. The molecule has 1 aliphatic heterocycles. The maximum atomic E-state index is 13.3. The lowest BCUT2D eigenvalue weighted by atomic mass is 10.1. The van der Waals surface area contributed by atoms with Gasteiger partial charge in [-0.25, -0.2) is 0 Å². The number of alkyl halides is 3. The predicted molar refractivity (Wildman–Crippen MR) is 116 cm³/mol. The number of aromatic hydroxyl groups is 1. The van der Waals surface area contributed by atoms with Gasteiger partial charge in [-0.05, 0) is 48.9 Å². The van der Waals surface area contributed by atoms with Crippen LogP contribution in [0.2, 0.25) is 0 Å². The van der Waals surface area contributed by atoms with Gasteiger partial charge in [0.05, 0.1) is 36.8 Å². The van der Waals surface area contributed by atoms with Crippen molar-refractivity contribution in [3.63, 3.8) is 0 Å². The summed E-state index contributed by atoms with van der Waals surface area (Å²) in [6.07, 6.45) is -3.34. The highest BCUT2D eigenvalue weighted by Crippen LogP contribution is 2.36. The monoisotopic (exact) mass is 461 g/mol. The van der Waals surface area contributed by atoms with E-state index in [4.69, 9.17) is 9.47 Å². The van der Waals surface area contributed by atoms with Gasteiger partial charge in [-0.1, -0.05) is 6.07 Å². The van der Waals surface area contributed by atoms with Crippen LogP contribution in [-0.4, -0.2) is 43.9 Å². The second-order valence-corrected chi connectivity index (χ2v) is 7.11. The van der Waals surface area contributed by atoms with Gasteiger partial charge in [0.2, 0.25) is 0 Å². The number of hydrogen-bond donors (Lipinski definition) is 2. The molecule has 1 aliphatic rings. The summed E-state index contributed by atoms with van der Waals surface area (Å²) in [7, 11) is 0. The number of benzene rings is 2. The van der Waals surface area contributed by atoms with Gasteiger partial charge in [-0.2, -0.15) is 18.4 Å². The Balaban J connectivity index is 1.93. The highest BCUT2D eigenvalue weighted by Gasteiger charge is 2.32. The lowest BCUT2D eigenvalue weighted by molar-refractivity contribution is -0.137. The quantitative estimate of drug-likeness (QED) is 0.495. The standard InChI is InChI=1S/C23H22F3N3O4/c1-2-33-21-12-15(3-6-20(21)30)11-16(14-27)22(31)28-18-13-17(23(24,25)26)4-5-19(18)29-7-9-32-10-8-29/h3-6,11-13,30H,2,7-10H2,1H3,(H,28,31). The number of morpholine rings is 1. The van der Waals surface area contributed by atoms with E-state index in [1.165, 1.54) is 30.3 Å². The largest absolute Gasteiger partial charge is 0.504 e. The highest BCUT2D eigenvalue weighted by atomic mass is 19.4. The zero-order chi connectivity index (χ0) is 24.0. The molecule has 7 nitrogen and oxygen atoms in total. The average molecular weight is 461 g/mol. The van der Waals surface area contributed by atoms with Crippen LogP contribution in [0.1, 0.15) is 18.1 Å². The van der Waals surface area contributed by atoms with Crippen molar-refractivity contribution >= 4 is 23.4 Å². The average Bonchev–Trinajstić information content (AvgIpc) is 2.79. The van der Waals surface area contributed by atoms with Crippen LogP contribution in [0.25, 0.3) is 6.08 Å². The van der Waals surface area contributed by atoms with Crippen LogP contribution in [0.3, 0.4) is 0 Å². The number of phenols is 1. The fourth-order valence-corrected chi connectivity index (χ4v) is 3.29. The van der Waals surface area contributed by atoms with Gasteiger partial charge in [0, 0.05) is 13.1 Å². The number of anilines is 2. The number of nitrogens with zero attached hydrogens (tertiary/aromatic N) is 2. The number of halogens is 3. The molecule has 0 bridgehead atoms. The number of hydrogen-bond acceptors (Lipinski definition) is 6. The minimum absolute atomic E-state index is 0.0569. The number of ether oxygens (including phenoxy) is 2. The molecule has 1 heterocycles. The van der Waals surface area contributed by atoms with Crippen LogP contribution in [0.5, 0.6) is 11.5 Å². The summed E-state index contributed by atoms with van der Waals surface area (Å²) >= 11 is 0. The summed E-state index contributed by atoms with van der Waals surface area (Å²) in [4.78, 5) is 14.6. The van der Waals surface area contributed by atoms with Crippen molar-refractivity contribution in [1.82, 2.24) is 0 Å². The first kappa shape index (κ1) is 23.9. The number of nitriles is 1. The van der Waals surface area contributed by atoms with Crippen LogP contribution in [-0.2, 0) is 15.7 Å². The van der Waals surface area contributed by atoms with Crippen molar-refractivity contribution in [1.29, 1.82) is 5.26 Å². The van der Waals surface area contributed by atoms with Crippen molar-refractivity contribution in [2.45, 2.75) is 13.1 Å². The maximum Gasteiger partial charge on any atom is 0.416 e. The van der Waals surface area contributed by atoms with Gasteiger partial charge in [0.15, 0.2) is 11.5 Å². The number of rotatable bonds is 6. The fourth-order valence-electron chi connectivity index (χ4n) is 3.29. The molecule has 1 saturated heterocycles. The van der Waals surface area contributed by atoms with E-state index in [0.29, 0.717) is 44.2 Å². The van der Waals surface area contributed by atoms with Crippen molar-refractivity contribution in [2.75, 3.05) is 43.1 Å². The van der Waals surface area contributed by atoms with Crippen LogP contribution in [0.15, 0.2) is 42.0 Å². The summed E-state index contributed by atoms with van der Waals surface area (Å²) in [5, 5.41) is 21.8. The normalized spacial score (nSPS) is 14.5. The Morgan fingerprint density at radius 3 is 2.64 bits per heavy atom. The van der Waals surface area contributed by atoms with E-state index in [2.05, 4.69) is 5.32 Å². The molecule has 2 aromatic carbocycles. The Bertz CT molecular complexity index is 1090. The van der Waals surface area contributed by atoms with E-state index in [0.717, 1.165) is 12.1 Å². The molecular weight excluding hydrogens is 439 g/mol. The molecular formula is C23H22F3N3O4. The molecule has 0 radical (unpaired) electrons. The molecule has 1 fully saturated rings. The Kier molecular flexibility index (Phi) is 7.45. The zero-order valence-electron chi connectivity index (χ0n) is 17.8. The van der Waals surface area contributed by atoms with Crippen LogP contribution < -0.4 is 15.0 Å². The van der Waals surface area contributed by atoms with Gasteiger partial charge in [0.25, 0.3) is 5.91 Å². The third-order valence-corrected chi connectivity index (χ3v) is 4.88. The van der Waals surface area contributed by atoms with Gasteiger partial charge in [-0.3, -0.25) is 4.79 Å². The van der Waals surface area contributed by atoms with Gasteiger partial charge in [0.1, 0.15) is 11.6 Å². The first-order valence-electron chi connectivity index (χ1n) is 10.2. The first-order chi connectivity index (χ1) is 15.7. The van der Waals surface area contributed by atoms with E-state index in [-0.39, 0.29) is 22.8 Å². The molecule has 1 amide bonds. The third kappa shape index (κ3) is 5.96. The van der Waals surface area contributed by atoms with Gasteiger partial charge in [-0.15, -0.1) is 0 Å². The minimum Gasteiger partial charge on any atom is -0.504 e. The predicted octanol–water partition coefficient (Wildman–Crippen LogP) is 4.19. The summed E-state index contributed by atoms with van der Waals surface area (Å²) in [6, 6.07) is 9.16. The van der Waals surface area contributed by atoms with E-state index in [1.807, 2.05) is 4.90 Å². The first-order valence-corrected chi connectivity index (χ1v) is 10.2. The topological polar surface area (TPSA) is 94.8 Å². The summed E-state index contributed by atoms with van der Waals surface area (Å²) in [5.74, 6) is -0.787. The SMILES string of the molecule is CCOc1cc(C=C(C#N)C(=O)Nc2cc(C(F)(F)F)ccc2N2CCOCC2)ccc1O. The number of amides is 1. The number of carbonyl (C=O) groups excluding carboxylic acids is 1. The van der Waals surface area contributed by atoms with Crippen molar-refractivity contribution in [3.8, 4) is 17.6 Å². The fraction of sp³-hybridized carbons (Fsp3) is 0.304. The Labute approximate surface area is 188 Å². The lowest BCUT2D eigenvalue weighted by Gasteiger charge is -2.31. The molecule has 0 aromatic heterocycles. The van der Waals surface area contributed by atoms with Crippen molar-refractivity contribution in [2.24, 2.45) is 0 Å². The second-order valence-electron chi connectivity index (χ2n) is 7.11. The second kappa shape index (κ2) is 10.3. The van der Waals surface area contributed by atoms with E-state index < -0.39 is 17.6 Å². The van der Waals surface area contributed by atoms with Crippen LogP contribution in [0, 0.1) is 11.3 Å². The number of nitrogens with one attached hydrogen (secondary N) is 1. The maximum absolute atomic E-state index is 13.3. The zero-order valence-corrected chi connectivity index (χ0v) is 17.8. The molecule has 0 spiro atoms. The van der Waals surface area contributed by atoms with Crippen LogP contribution in [0.4, 0.5) is 24.5 Å². The molecule has 0 unspecified atom stereocenters. The molecule has 0 saturated carbocycles. The molecule has 174 valence electrons. The lowest BCUT2D eigenvalue weighted by Crippen LogP contribution is -2.37. The van der Waals surface area contributed by atoms with E-state index in [1.54, 1.807) is 13.0 Å². The summed E-state index contributed by atoms with van der Waals surface area (Å²) < 4.78 is 50.4. The van der Waals surface area contributed by atoms with E-state index in [9.17, 15) is 28.3 Å². The molecule has 33 heavy (non-hydrogen) atoms. The number of phenolic OH excluding ortho intramolecular Hbond substituents is 1. The Hall–Kier alpha value is -3.71.